The Morgan fingerprint density at radius 1 is 1.36 bits per heavy atom. The van der Waals surface area contributed by atoms with Gasteiger partial charge in [-0.2, -0.15) is 0 Å². The molecule has 2 aliphatic rings. The Hall–Kier alpha value is -2.64. The summed E-state index contributed by atoms with van der Waals surface area (Å²) < 4.78 is 5.34. The van der Waals surface area contributed by atoms with Gasteiger partial charge in [-0.3, -0.25) is 19.7 Å². The van der Waals surface area contributed by atoms with Crippen molar-refractivity contribution in [1.82, 2.24) is 4.90 Å². The van der Waals surface area contributed by atoms with Crippen molar-refractivity contribution in [2.75, 3.05) is 19.7 Å². The number of hydrogen-bond donors (Lipinski definition) is 1. The molecule has 1 aliphatic carbocycles. The molecular formula is C17H20N2O6. The summed E-state index contributed by atoms with van der Waals surface area (Å²) in [5.41, 5.74) is -0.355. The minimum atomic E-state index is -0.912. The van der Waals surface area contributed by atoms with Gasteiger partial charge in [-0.1, -0.05) is 0 Å². The van der Waals surface area contributed by atoms with Crippen LogP contribution in [0.5, 0.6) is 5.75 Å². The molecule has 134 valence electrons. The van der Waals surface area contributed by atoms with E-state index in [1.807, 2.05) is 0 Å². The first kappa shape index (κ1) is 17.2. The summed E-state index contributed by atoms with van der Waals surface area (Å²) in [5, 5.41) is 20.7. The largest absolute Gasteiger partial charge is 0.494 e. The summed E-state index contributed by atoms with van der Waals surface area (Å²) in [7, 11) is 0. The van der Waals surface area contributed by atoms with Crippen molar-refractivity contribution < 1.29 is 24.4 Å². The third-order valence-corrected chi connectivity index (χ3v) is 4.90. The third kappa shape index (κ3) is 3.42. The molecule has 1 aliphatic heterocycles. The number of aliphatic carboxylic acids is 1. The van der Waals surface area contributed by atoms with Crippen LogP contribution in [0.2, 0.25) is 0 Å². The molecule has 0 radical (unpaired) electrons. The Morgan fingerprint density at radius 3 is 2.64 bits per heavy atom. The first-order valence-electron chi connectivity index (χ1n) is 8.35. The standard InChI is InChI=1S/C17H20N2O6/c1-2-25-11-5-6-15(19(23)24)12(7-11)16(20)18-8-13(10-3-4-10)14(9-18)17(21)22/h5-7,10,13-14H,2-4,8-9H2,1H3,(H,21,22)/t13-,14+/m1/s1. The van der Waals surface area contributed by atoms with Crippen LogP contribution >= 0.6 is 0 Å². The fourth-order valence-electron chi connectivity index (χ4n) is 3.53. The van der Waals surface area contributed by atoms with Crippen molar-refractivity contribution in [1.29, 1.82) is 0 Å². The van der Waals surface area contributed by atoms with E-state index in [0.29, 0.717) is 24.8 Å². The number of carboxylic acid groups (broad SMARTS) is 1. The summed E-state index contributed by atoms with van der Waals surface area (Å²) in [6.45, 7) is 2.57. The summed E-state index contributed by atoms with van der Waals surface area (Å²) in [6.07, 6.45) is 1.97. The van der Waals surface area contributed by atoms with Crippen LogP contribution in [0.25, 0.3) is 0 Å². The van der Waals surface area contributed by atoms with Gasteiger partial charge in [0.15, 0.2) is 0 Å². The average molecular weight is 348 g/mol. The second-order valence-corrected chi connectivity index (χ2v) is 6.53. The lowest BCUT2D eigenvalue weighted by atomic mass is 9.92. The SMILES string of the molecule is CCOc1ccc([N+](=O)[O-])c(C(=O)N2C[C@H](C(=O)O)[C@@H](C3CC3)C2)c1. The van der Waals surface area contributed by atoms with Crippen molar-refractivity contribution in [3.63, 3.8) is 0 Å². The molecule has 1 amide bonds. The second kappa shape index (κ2) is 6.70. The fraction of sp³-hybridized carbons (Fsp3) is 0.529. The van der Waals surface area contributed by atoms with Gasteiger partial charge in [-0.15, -0.1) is 0 Å². The molecule has 1 aromatic rings. The maximum Gasteiger partial charge on any atom is 0.308 e. The number of carboxylic acids is 1. The van der Waals surface area contributed by atoms with Gasteiger partial charge in [0.25, 0.3) is 11.6 Å². The van der Waals surface area contributed by atoms with E-state index in [1.165, 1.54) is 23.1 Å². The lowest BCUT2D eigenvalue weighted by molar-refractivity contribution is -0.385. The summed E-state index contributed by atoms with van der Waals surface area (Å²) in [5.74, 6) is -1.39. The zero-order valence-corrected chi connectivity index (χ0v) is 13.9. The van der Waals surface area contributed by atoms with Crippen molar-refractivity contribution in [2.45, 2.75) is 19.8 Å². The molecule has 0 unspecified atom stereocenters. The van der Waals surface area contributed by atoms with Crippen LogP contribution in [0.3, 0.4) is 0 Å². The van der Waals surface area contributed by atoms with Gasteiger partial charge in [0, 0.05) is 19.2 Å². The van der Waals surface area contributed by atoms with Gasteiger partial charge in [-0.25, -0.2) is 0 Å². The third-order valence-electron chi connectivity index (χ3n) is 4.90. The lowest BCUT2D eigenvalue weighted by Gasteiger charge is -2.17. The number of ether oxygens (including phenoxy) is 1. The Kier molecular flexibility index (Phi) is 4.61. The van der Waals surface area contributed by atoms with Gasteiger partial charge in [0.2, 0.25) is 0 Å². The number of nitro benzene ring substituents is 1. The van der Waals surface area contributed by atoms with Gasteiger partial charge in [0.05, 0.1) is 17.4 Å². The predicted octanol–water partition coefficient (Wildman–Crippen LogP) is 2.18. The summed E-state index contributed by atoms with van der Waals surface area (Å²) in [6, 6.07) is 4.07. The van der Waals surface area contributed by atoms with E-state index >= 15 is 0 Å². The number of amides is 1. The van der Waals surface area contributed by atoms with Crippen LogP contribution in [0.1, 0.15) is 30.1 Å². The molecule has 1 aromatic carbocycles. The van der Waals surface area contributed by atoms with Crippen LogP contribution in [-0.4, -0.2) is 46.5 Å². The number of benzene rings is 1. The van der Waals surface area contributed by atoms with E-state index in [2.05, 4.69) is 0 Å². The quantitative estimate of drug-likeness (QED) is 0.623. The molecule has 1 heterocycles. The van der Waals surface area contributed by atoms with E-state index in [0.717, 1.165) is 12.8 Å². The number of rotatable bonds is 6. The van der Waals surface area contributed by atoms with Gasteiger partial charge >= 0.3 is 5.97 Å². The molecule has 0 bridgehead atoms. The van der Waals surface area contributed by atoms with Gasteiger partial charge < -0.3 is 14.7 Å². The minimum Gasteiger partial charge on any atom is -0.494 e. The van der Waals surface area contributed by atoms with Crippen LogP contribution in [0.15, 0.2) is 18.2 Å². The Balaban J connectivity index is 1.88. The molecule has 1 N–H and O–H groups in total. The molecule has 2 fully saturated rings. The van der Waals surface area contributed by atoms with Crippen LogP contribution in [0, 0.1) is 27.9 Å². The maximum atomic E-state index is 12.9. The van der Waals surface area contributed by atoms with E-state index < -0.39 is 22.7 Å². The van der Waals surface area contributed by atoms with Crippen LogP contribution in [-0.2, 0) is 4.79 Å². The van der Waals surface area contributed by atoms with Crippen molar-refractivity contribution >= 4 is 17.6 Å². The topological polar surface area (TPSA) is 110 Å². The van der Waals surface area contributed by atoms with Crippen molar-refractivity contribution in [3.05, 3.63) is 33.9 Å². The van der Waals surface area contributed by atoms with E-state index in [-0.39, 0.29) is 23.7 Å². The highest BCUT2D eigenvalue weighted by atomic mass is 16.6. The number of nitro groups is 1. The highest BCUT2D eigenvalue weighted by Crippen LogP contribution is 2.44. The molecular weight excluding hydrogens is 328 g/mol. The number of hydrogen-bond acceptors (Lipinski definition) is 5. The van der Waals surface area contributed by atoms with Crippen LogP contribution < -0.4 is 4.74 Å². The number of nitrogens with zero attached hydrogens (tertiary/aromatic N) is 2. The first-order valence-corrected chi connectivity index (χ1v) is 8.35. The zero-order chi connectivity index (χ0) is 18.1. The normalized spacial score (nSPS) is 22.7. The van der Waals surface area contributed by atoms with Gasteiger partial charge in [-0.05, 0) is 43.7 Å². The van der Waals surface area contributed by atoms with Crippen molar-refractivity contribution in [3.8, 4) is 5.75 Å². The second-order valence-electron chi connectivity index (χ2n) is 6.53. The van der Waals surface area contributed by atoms with Crippen molar-refractivity contribution in [2.24, 2.45) is 17.8 Å². The summed E-state index contributed by atoms with van der Waals surface area (Å²) >= 11 is 0. The zero-order valence-electron chi connectivity index (χ0n) is 13.9. The molecule has 0 aromatic heterocycles. The van der Waals surface area contributed by atoms with E-state index in [1.54, 1.807) is 6.92 Å². The first-order chi connectivity index (χ1) is 11.9. The number of carbonyl (C=O) groups is 2. The highest BCUT2D eigenvalue weighted by Gasteiger charge is 2.47. The monoisotopic (exact) mass is 348 g/mol. The molecule has 1 saturated carbocycles. The smallest absolute Gasteiger partial charge is 0.308 e. The number of likely N-dealkylation sites (tertiary alicyclic amines) is 1. The average Bonchev–Trinajstić information content (AvgIpc) is 3.32. The molecule has 0 spiro atoms. The Labute approximate surface area is 144 Å². The molecule has 3 rings (SSSR count). The van der Waals surface area contributed by atoms with E-state index in [9.17, 15) is 24.8 Å². The molecule has 8 heteroatoms. The van der Waals surface area contributed by atoms with Crippen LogP contribution in [0.4, 0.5) is 5.69 Å². The molecule has 25 heavy (non-hydrogen) atoms. The highest BCUT2D eigenvalue weighted by molar-refractivity contribution is 5.99. The van der Waals surface area contributed by atoms with E-state index in [4.69, 9.17) is 4.74 Å². The summed E-state index contributed by atoms with van der Waals surface area (Å²) in [4.78, 5) is 36.4. The predicted molar refractivity (Wildman–Crippen MR) is 87.5 cm³/mol. The minimum absolute atomic E-state index is 0.0588. The fourth-order valence-corrected chi connectivity index (χ4v) is 3.53. The Morgan fingerprint density at radius 2 is 2.08 bits per heavy atom. The maximum absolute atomic E-state index is 12.9. The molecule has 2 atom stereocenters. The Bertz CT molecular complexity index is 715. The molecule has 1 saturated heterocycles. The lowest BCUT2D eigenvalue weighted by Crippen LogP contribution is -2.30. The number of carbonyl (C=O) groups excluding carboxylic acids is 1. The van der Waals surface area contributed by atoms with Gasteiger partial charge in [0.1, 0.15) is 11.3 Å². The molecule has 8 nitrogen and oxygen atoms in total.